The van der Waals surface area contributed by atoms with Crippen molar-refractivity contribution >= 4 is 17.5 Å². The average molecular weight is 247 g/mol. The number of hydrogen-bond donors (Lipinski definition) is 0. The standard InChI is InChI=1S/C13H13NO2S/c1-10-8-16-13(14-10)17-9-12(15)7-11-5-3-2-4-6-11/h2-6,8H,7,9H2,1H3. The molecule has 0 bridgehead atoms. The van der Waals surface area contributed by atoms with Gasteiger partial charge in [0.25, 0.3) is 5.22 Å². The lowest BCUT2D eigenvalue weighted by molar-refractivity contribution is -0.116. The summed E-state index contributed by atoms with van der Waals surface area (Å²) in [5.41, 5.74) is 1.88. The van der Waals surface area contributed by atoms with E-state index in [2.05, 4.69) is 4.98 Å². The van der Waals surface area contributed by atoms with E-state index in [0.717, 1.165) is 11.3 Å². The molecule has 4 heteroatoms. The second-order valence-electron chi connectivity index (χ2n) is 3.74. The van der Waals surface area contributed by atoms with Crippen molar-refractivity contribution < 1.29 is 9.21 Å². The molecule has 0 atom stereocenters. The third kappa shape index (κ3) is 3.75. The van der Waals surface area contributed by atoms with Crippen LogP contribution in [0.3, 0.4) is 0 Å². The third-order valence-electron chi connectivity index (χ3n) is 2.20. The predicted octanol–water partition coefficient (Wildman–Crippen LogP) is 2.89. The van der Waals surface area contributed by atoms with Crippen LogP contribution in [0.5, 0.6) is 0 Å². The number of rotatable bonds is 5. The molecule has 1 heterocycles. The largest absolute Gasteiger partial charge is 0.440 e. The number of aryl methyl sites for hydroxylation is 1. The summed E-state index contributed by atoms with van der Waals surface area (Å²) in [6, 6.07) is 9.73. The summed E-state index contributed by atoms with van der Waals surface area (Å²) in [5, 5.41) is 0.559. The summed E-state index contributed by atoms with van der Waals surface area (Å²) in [5.74, 6) is 0.575. The summed E-state index contributed by atoms with van der Waals surface area (Å²) < 4.78 is 5.16. The lowest BCUT2D eigenvalue weighted by atomic mass is 10.1. The highest BCUT2D eigenvalue weighted by atomic mass is 32.2. The van der Waals surface area contributed by atoms with Crippen molar-refractivity contribution in [3.63, 3.8) is 0 Å². The molecule has 2 rings (SSSR count). The van der Waals surface area contributed by atoms with Gasteiger partial charge in [0, 0.05) is 6.42 Å². The van der Waals surface area contributed by atoms with Crippen LogP contribution in [-0.2, 0) is 11.2 Å². The topological polar surface area (TPSA) is 43.1 Å². The van der Waals surface area contributed by atoms with Gasteiger partial charge in [0.15, 0.2) is 0 Å². The Hall–Kier alpha value is -1.55. The molecule has 17 heavy (non-hydrogen) atoms. The Labute approximate surface area is 104 Å². The van der Waals surface area contributed by atoms with E-state index in [9.17, 15) is 4.79 Å². The normalized spacial score (nSPS) is 10.4. The van der Waals surface area contributed by atoms with Gasteiger partial charge in [-0.1, -0.05) is 42.1 Å². The maximum atomic E-state index is 11.7. The Morgan fingerprint density at radius 1 is 1.35 bits per heavy atom. The molecule has 1 aromatic carbocycles. The molecule has 0 aliphatic carbocycles. The second-order valence-corrected chi connectivity index (χ2v) is 4.67. The van der Waals surface area contributed by atoms with Crippen LogP contribution in [0, 0.1) is 6.92 Å². The fraction of sp³-hybridized carbons (Fsp3) is 0.231. The Morgan fingerprint density at radius 3 is 2.76 bits per heavy atom. The third-order valence-corrected chi connectivity index (χ3v) is 3.10. The Balaban J connectivity index is 1.82. The SMILES string of the molecule is Cc1coc(SCC(=O)Cc2ccccc2)n1. The van der Waals surface area contributed by atoms with E-state index in [1.54, 1.807) is 6.26 Å². The Bertz CT molecular complexity index is 493. The van der Waals surface area contributed by atoms with E-state index in [1.807, 2.05) is 37.3 Å². The number of aromatic nitrogens is 1. The van der Waals surface area contributed by atoms with Crippen LogP contribution >= 0.6 is 11.8 Å². The zero-order valence-electron chi connectivity index (χ0n) is 9.55. The summed E-state index contributed by atoms with van der Waals surface area (Å²) >= 11 is 1.34. The molecule has 0 spiro atoms. The zero-order chi connectivity index (χ0) is 12.1. The van der Waals surface area contributed by atoms with Crippen LogP contribution in [0.15, 0.2) is 46.2 Å². The molecule has 0 saturated heterocycles. The van der Waals surface area contributed by atoms with Crippen molar-refractivity contribution in [2.75, 3.05) is 5.75 Å². The molecule has 0 aliphatic rings. The van der Waals surface area contributed by atoms with E-state index >= 15 is 0 Å². The van der Waals surface area contributed by atoms with Crippen molar-refractivity contribution in [1.82, 2.24) is 4.98 Å². The van der Waals surface area contributed by atoms with Crippen LogP contribution in [0.1, 0.15) is 11.3 Å². The van der Waals surface area contributed by atoms with Crippen LogP contribution in [0.2, 0.25) is 0 Å². The monoisotopic (exact) mass is 247 g/mol. The van der Waals surface area contributed by atoms with Crippen molar-refractivity contribution in [1.29, 1.82) is 0 Å². The highest BCUT2D eigenvalue weighted by Gasteiger charge is 2.07. The molecule has 0 radical (unpaired) electrons. The van der Waals surface area contributed by atoms with Gasteiger partial charge in [-0.15, -0.1) is 0 Å². The predicted molar refractivity (Wildman–Crippen MR) is 67.1 cm³/mol. The fourth-order valence-electron chi connectivity index (χ4n) is 1.42. The van der Waals surface area contributed by atoms with E-state index in [4.69, 9.17) is 4.42 Å². The van der Waals surface area contributed by atoms with Crippen LogP contribution in [0.4, 0.5) is 0 Å². The van der Waals surface area contributed by atoms with Crippen LogP contribution in [0.25, 0.3) is 0 Å². The van der Waals surface area contributed by atoms with Gasteiger partial charge in [-0.2, -0.15) is 0 Å². The van der Waals surface area contributed by atoms with Gasteiger partial charge in [0.05, 0.1) is 11.4 Å². The van der Waals surface area contributed by atoms with E-state index in [0.29, 0.717) is 17.4 Å². The molecule has 88 valence electrons. The highest BCUT2D eigenvalue weighted by Crippen LogP contribution is 2.17. The van der Waals surface area contributed by atoms with Crippen molar-refractivity contribution in [3.05, 3.63) is 47.9 Å². The number of ketones is 1. The summed E-state index contributed by atoms with van der Waals surface area (Å²) in [6.45, 7) is 1.86. The maximum absolute atomic E-state index is 11.7. The molecular formula is C13H13NO2S. The molecule has 0 N–H and O–H groups in total. The Kier molecular flexibility index (Phi) is 3.98. The van der Waals surface area contributed by atoms with Gasteiger partial charge >= 0.3 is 0 Å². The number of nitrogens with zero attached hydrogens (tertiary/aromatic N) is 1. The number of thioether (sulfide) groups is 1. The Morgan fingerprint density at radius 2 is 2.12 bits per heavy atom. The van der Waals surface area contributed by atoms with Gasteiger partial charge in [-0.25, -0.2) is 4.98 Å². The summed E-state index contributed by atoms with van der Waals surface area (Å²) in [6.07, 6.45) is 2.05. The lowest BCUT2D eigenvalue weighted by Crippen LogP contribution is -2.05. The van der Waals surface area contributed by atoms with Gasteiger partial charge in [-0.05, 0) is 12.5 Å². The molecule has 0 saturated carbocycles. The van der Waals surface area contributed by atoms with E-state index in [1.165, 1.54) is 11.8 Å². The van der Waals surface area contributed by atoms with Crippen LogP contribution < -0.4 is 0 Å². The first-order chi connectivity index (χ1) is 8.24. The smallest absolute Gasteiger partial charge is 0.256 e. The van der Waals surface area contributed by atoms with E-state index in [-0.39, 0.29) is 5.78 Å². The number of oxazole rings is 1. The number of hydrogen-bond acceptors (Lipinski definition) is 4. The number of benzene rings is 1. The average Bonchev–Trinajstić information content (AvgIpc) is 2.74. The number of carbonyl (C=O) groups is 1. The van der Waals surface area contributed by atoms with Crippen molar-refractivity contribution in [2.45, 2.75) is 18.6 Å². The molecule has 0 unspecified atom stereocenters. The first kappa shape index (κ1) is 11.9. The number of Topliss-reactive ketones (excluding diaryl/α,β-unsaturated/α-hetero) is 1. The zero-order valence-corrected chi connectivity index (χ0v) is 10.4. The fourth-order valence-corrected chi connectivity index (χ4v) is 2.13. The first-order valence-corrected chi connectivity index (χ1v) is 6.33. The minimum Gasteiger partial charge on any atom is -0.440 e. The van der Waals surface area contributed by atoms with Gasteiger partial charge in [0.2, 0.25) is 0 Å². The highest BCUT2D eigenvalue weighted by molar-refractivity contribution is 7.99. The second kappa shape index (κ2) is 5.68. The molecule has 0 amide bonds. The maximum Gasteiger partial charge on any atom is 0.256 e. The van der Waals surface area contributed by atoms with Crippen LogP contribution in [-0.4, -0.2) is 16.5 Å². The quantitative estimate of drug-likeness (QED) is 0.762. The summed E-state index contributed by atoms with van der Waals surface area (Å²) in [7, 11) is 0. The molecule has 1 aromatic heterocycles. The lowest BCUT2D eigenvalue weighted by Gasteiger charge is -1.99. The minimum absolute atomic E-state index is 0.178. The summed E-state index contributed by atoms with van der Waals surface area (Å²) in [4.78, 5) is 15.8. The van der Waals surface area contributed by atoms with E-state index < -0.39 is 0 Å². The molecule has 0 fully saturated rings. The van der Waals surface area contributed by atoms with Crippen molar-refractivity contribution in [2.24, 2.45) is 0 Å². The van der Waals surface area contributed by atoms with Gasteiger partial charge in [-0.3, -0.25) is 4.79 Å². The van der Waals surface area contributed by atoms with Gasteiger partial charge in [0.1, 0.15) is 12.0 Å². The minimum atomic E-state index is 0.178. The van der Waals surface area contributed by atoms with Gasteiger partial charge < -0.3 is 4.42 Å². The van der Waals surface area contributed by atoms with Crippen molar-refractivity contribution in [3.8, 4) is 0 Å². The molecule has 3 nitrogen and oxygen atoms in total. The number of carbonyl (C=O) groups excluding carboxylic acids is 1. The molecule has 2 aromatic rings. The first-order valence-electron chi connectivity index (χ1n) is 5.34. The molecular weight excluding hydrogens is 234 g/mol. The molecule has 0 aliphatic heterocycles.